The Balaban J connectivity index is 1.91. The summed E-state index contributed by atoms with van der Waals surface area (Å²) in [5, 5.41) is 21.7. The molecule has 9 nitrogen and oxygen atoms in total. The number of aromatic nitrogens is 2. The summed E-state index contributed by atoms with van der Waals surface area (Å²) in [6, 6.07) is 5.98. The summed E-state index contributed by atoms with van der Waals surface area (Å²) in [5.74, 6) is -0.291. The highest BCUT2D eigenvalue weighted by atomic mass is 32.2. The average molecular weight is 366 g/mol. The van der Waals surface area contributed by atoms with Crippen molar-refractivity contribution in [3.63, 3.8) is 0 Å². The number of nitro benzene ring substituents is 1. The van der Waals surface area contributed by atoms with Gasteiger partial charge in [0, 0.05) is 20.2 Å². The van der Waals surface area contributed by atoms with Crippen LogP contribution in [0.5, 0.6) is 0 Å². The van der Waals surface area contributed by atoms with E-state index in [4.69, 9.17) is 0 Å². The van der Waals surface area contributed by atoms with E-state index >= 15 is 0 Å². The largest absolute Gasteiger partial charge is 0.369 e. The molecular weight excluding hydrogens is 352 g/mol. The van der Waals surface area contributed by atoms with Crippen LogP contribution >= 0.6 is 23.1 Å². The predicted octanol–water partition coefficient (Wildman–Crippen LogP) is 2.40. The molecule has 1 aromatic heterocycles. The highest BCUT2D eigenvalue weighted by Gasteiger charge is 2.15. The van der Waals surface area contributed by atoms with Gasteiger partial charge in [0.15, 0.2) is 4.34 Å². The first-order valence-electron chi connectivity index (χ1n) is 6.66. The second-order valence-corrected chi connectivity index (χ2v) is 6.85. The third-order valence-corrected chi connectivity index (χ3v) is 4.46. The molecule has 0 unspecified atom stereocenters. The molecule has 0 aliphatic carbocycles. The van der Waals surface area contributed by atoms with Crippen molar-refractivity contribution in [3.05, 3.63) is 34.4 Å². The Morgan fingerprint density at radius 1 is 1.46 bits per heavy atom. The summed E-state index contributed by atoms with van der Waals surface area (Å²) < 4.78 is 0.596. The standard InChI is InChI=1S/C13H14N6O3S2/c1-18(2)8-14-12-16-17-13(24-12)23-7-11(20)15-9-5-3-4-6-10(9)19(21)22/h3-6,8H,7H2,1-2H3,(H,15,20). The number of hydrogen-bond donors (Lipinski definition) is 1. The molecule has 2 aromatic rings. The smallest absolute Gasteiger partial charge is 0.292 e. The molecule has 1 amide bonds. The van der Waals surface area contributed by atoms with Crippen LogP contribution in [-0.2, 0) is 4.79 Å². The lowest BCUT2D eigenvalue weighted by Gasteiger charge is -2.04. The Bertz CT molecular complexity index is 762. The van der Waals surface area contributed by atoms with Crippen molar-refractivity contribution >= 4 is 51.9 Å². The third kappa shape index (κ3) is 5.28. The minimum Gasteiger partial charge on any atom is -0.369 e. The zero-order chi connectivity index (χ0) is 17.5. The number of amides is 1. The first-order valence-corrected chi connectivity index (χ1v) is 8.46. The van der Waals surface area contributed by atoms with Gasteiger partial charge in [-0.2, -0.15) is 0 Å². The van der Waals surface area contributed by atoms with Gasteiger partial charge in [0.25, 0.3) is 5.69 Å². The molecule has 0 atom stereocenters. The molecule has 1 heterocycles. The Morgan fingerprint density at radius 2 is 2.21 bits per heavy atom. The number of hydrogen-bond acceptors (Lipinski definition) is 8. The van der Waals surface area contributed by atoms with E-state index in [9.17, 15) is 14.9 Å². The van der Waals surface area contributed by atoms with E-state index in [1.165, 1.54) is 35.2 Å². The van der Waals surface area contributed by atoms with Crippen LogP contribution in [-0.4, -0.2) is 52.1 Å². The molecular formula is C13H14N6O3S2. The molecule has 1 aromatic carbocycles. The average Bonchev–Trinajstić information content (AvgIpc) is 2.99. The first-order chi connectivity index (χ1) is 11.5. The summed E-state index contributed by atoms with van der Waals surface area (Å²) >= 11 is 2.45. The maximum absolute atomic E-state index is 11.9. The molecule has 126 valence electrons. The van der Waals surface area contributed by atoms with Gasteiger partial charge < -0.3 is 10.2 Å². The van der Waals surface area contributed by atoms with Crippen LogP contribution < -0.4 is 5.32 Å². The Labute approximate surface area is 146 Å². The van der Waals surface area contributed by atoms with E-state index in [-0.39, 0.29) is 23.0 Å². The molecule has 0 bridgehead atoms. The molecule has 24 heavy (non-hydrogen) atoms. The SMILES string of the molecule is CN(C)C=Nc1nnc(SCC(=O)Nc2ccccc2[N+](=O)[O-])s1. The Morgan fingerprint density at radius 3 is 2.92 bits per heavy atom. The van der Waals surface area contributed by atoms with Crippen molar-refractivity contribution in [2.45, 2.75) is 4.34 Å². The van der Waals surface area contributed by atoms with Crippen LogP contribution in [0.3, 0.4) is 0 Å². The fraction of sp³-hybridized carbons (Fsp3) is 0.231. The van der Waals surface area contributed by atoms with E-state index in [2.05, 4.69) is 20.5 Å². The molecule has 11 heteroatoms. The Hall–Kier alpha value is -2.53. The minimum absolute atomic E-state index is 0.0675. The van der Waals surface area contributed by atoms with Gasteiger partial charge in [0.05, 0.1) is 17.0 Å². The lowest BCUT2D eigenvalue weighted by molar-refractivity contribution is -0.383. The summed E-state index contributed by atoms with van der Waals surface area (Å²) in [4.78, 5) is 28.2. The number of aliphatic imine (C=N–C) groups is 1. The normalized spacial score (nSPS) is 10.8. The van der Waals surface area contributed by atoms with Crippen molar-refractivity contribution in [1.29, 1.82) is 0 Å². The van der Waals surface area contributed by atoms with Crippen molar-refractivity contribution < 1.29 is 9.72 Å². The third-order valence-electron chi connectivity index (χ3n) is 2.50. The number of rotatable bonds is 7. The summed E-state index contributed by atoms with van der Waals surface area (Å²) in [6.45, 7) is 0. The number of nitro groups is 1. The van der Waals surface area contributed by atoms with Crippen molar-refractivity contribution in [2.75, 3.05) is 25.2 Å². The molecule has 1 N–H and O–H groups in total. The maximum atomic E-state index is 11.9. The molecule has 0 saturated heterocycles. The van der Waals surface area contributed by atoms with Crippen LogP contribution in [0.1, 0.15) is 0 Å². The summed E-state index contributed by atoms with van der Waals surface area (Å²) in [7, 11) is 3.68. The number of nitrogens with zero attached hydrogens (tertiary/aromatic N) is 5. The molecule has 0 aliphatic heterocycles. The zero-order valence-electron chi connectivity index (χ0n) is 12.9. The number of thioether (sulfide) groups is 1. The summed E-state index contributed by atoms with van der Waals surface area (Å²) in [6.07, 6.45) is 1.61. The number of benzene rings is 1. The number of nitrogens with one attached hydrogen (secondary N) is 1. The van der Waals surface area contributed by atoms with Gasteiger partial charge in [0.1, 0.15) is 5.69 Å². The fourth-order valence-corrected chi connectivity index (χ4v) is 3.01. The first kappa shape index (κ1) is 17.8. The molecule has 0 spiro atoms. The highest BCUT2D eigenvalue weighted by Crippen LogP contribution is 2.28. The number of para-hydroxylation sites is 2. The molecule has 0 fully saturated rings. The molecule has 0 saturated carbocycles. The van der Waals surface area contributed by atoms with Gasteiger partial charge in [-0.05, 0) is 6.07 Å². The Kier molecular flexibility index (Phi) is 6.21. The van der Waals surface area contributed by atoms with Crippen LogP contribution in [0.15, 0.2) is 33.6 Å². The number of carbonyl (C=O) groups is 1. The van der Waals surface area contributed by atoms with E-state index in [0.717, 1.165) is 0 Å². The van der Waals surface area contributed by atoms with Gasteiger partial charge in [-0.15, -0.1) is 10.2 Å². The molecule has 2 rings (SSSR count). The van der Waals surface area contributed by atoms with E-state index in [1.54, 1.807) is 23.4 Å². The van der Waals surface area contributed by atoms with Crippen LogP contribution in [0.25, 0.3) is 0 Å². The summed E-state index contributed by atoms with van der Waals surface area (Å²) in [5.41, 5.74) is 0.0220. The second-order valence-electron chi connectivity index (χ2n) is 4.67. The number of carbonyl (C=O) groups excluding carboxylic acids is 1. The highest BCUT2D eigenvalue weighted by molar-refractivity contribution is 8.01. The van der Waals surface area contributed by atoms with Crippen molar-refractivity contribution in [3.8, 4) is 0 Å². The quantitative estimate of drug-likeness (QED) is 0.263. The molecule has 0 radical (unpaired) electrons. The van der Waals surface area contributed by atoms with E-state index in [0.29, 0.717) is 9.47 Å². The zero-order valence-corrected chi connectivity index (χ0v) is 14.5. The van der Waals surface area contributed by atoms with Crippen LogP contribution in [0.2, 0.25) is 0 Å². The lowest BCUT2D eigenvalue weighted by Crippen LogP contribution is -2.15. The van der Waals surface area contributed by atoms with Crippen LogP contribution in [0.4, 0.5) is 16.5 Å². The van der Waals surface area contributed by atoms with Gasteiger partial charge in [-0.3, -0.25) is 14.9 Å². The topological polar surface area (TPSA) is 114 Å². The van der Waals surface area contributed by atoms with Gasteiger partial charge in [-0.1, -0.05) is 35.2 Å². The molecule has 0 aliphatic rings. The van der Waals surface area contributed by atoms with Gasteiger partial charge in [-0.25, -0.2) is 4.99 Å². The fourth-order valence-electron chi connectivity index (χ4n) is 1.53. The van der Waals surface area contributed by atoms with Crippen molar-refractivity contribution in [2.24, 2.45) is 4.99 Å². The minimum atomic E-state index is -0.539. The van der Waals surface area contributed by atoms with Crippen molar-refractivity contribution in [1.82, 2.24) is 15.1 Å². The monoisotopic (exact) mass is 366 g/mol. The van der Waals surface area contributed by atoms with E-state index in [1.807, 2.05) is 14.1 Å². The number of anilines is 1. The predicted molar refractivity (Wildman–Crippen MR) is 94.2 cm³/mol. The van der Waals surface area contributed by atoms with Crippen LogP contribution in [0, 0.1) is 10.1 Å². The van der Waals surface area contributed by atoms with E-state index < -0.39 is 4.92 Å². The maximum Gasteiger partial charge on any atom is 0.292 e. The van der Waals surface area contributed by atoms with Gasteiger partial charge >= 0.3 is 0 Å². The lowest BCUT2D eigenvalue weighted by atomic mass is 10.2. The second kappa shape index (κ2) is 8.36. The van der Waals surface area contributed by atoms with Gasteiger partial charge in [0.2, 0.25) is 11.0 Å².